The van der Waals surface area contributed by atoms with Crippen molar-refractivity contribution in [3.8, 4) is 0 Å². The monoisotopic (exact) mass is 513 g/mol. The van der Waals surface area contributed by atoms with Crippen molar-refractivity contribution in [3.05, 3.63) is 11.1 Å². The summed E-state index contributed by atoms with van der Waals surface area (Å²) in [6, 6.07) is 0.648. The van der Waals surface area contributed by atoms with Gasteiger partial charge in [0.05, 0.1) is 0 Å². The van der Waals surface area contributed by atoms with E-state index in [1.165, 1.54) is 57.8 Å². The van der Waals surface area contributed by atoms with Crippen LogP contribution in [0.1, 0.15) is 133 Å². The van der Waals surface area contributed by atoms with E-state index in [9.17, 15) is 4.79 Å². The predicted octanol–water partition coefficient (Wildman–Crippen LogP) is 8.72. The first-order valence-electron chi connectivity index (χ1n) is 15.9. The maximum absolute atomic E-state index is 11.9. The average molecular weight is 514 g/mol. The zero-order valence-electron chi connectivity index (χ0n) is 26.1. The SMILES string of the molecule is CCNC(CCC(C)C1CC[C@@]2(C)C3=C(CCC12C)C1(C)CC[C@H](OC(C)=O)C(C)(C)C1CC3)C(C)C. The van der Waals surface area contributed by atoms with Gasteiger partial charge in [-0.25, -0.2) is 0 Å². The van der Waals surface area contributed by atoms with Crippen molar-refractivity contribution in [2.24, 2.45) is 45.3 Å². The number of carbonyl (C=O) groups excluding carboxylic acids is 1. The summed E-state index contributed by atoms with van der Waals surface area (Å²) in [4.78, 5) is 11.9. The lowest BCUT2D eigenvalue weighted by molar-refractivity contribution is -0.167. The maximum Gasteiger partial charge on any atom is 0.302 e. The van der Waals surface area contributed by atoms with Crippen LogP contribution in [0.4, 0.5) is 0 Å². The number of rotatable bonds is 8. The second-order valence-electron chi connectivity index (χ2n) is 15.3. The van der Waals surface area contributed by atoms with Gasteiger partial charge in [0.25, 0.3) is 0 Å². The Morgan fingerprint density at radius 1 is 0.946 bits per heavy atom. The molecule has 4 aliphatic carbocycles. The minimum absolute atomic E-state index is 0.0328. The Labute approximate surface area is 229 Å². The quantitative estimate of drug-likeness (QED) is 0.260. The standard InChI is InChI=1S/C34H59NO2/c1-11-35-28(22(2)3)14-12-23(4)25-16-20-34(10)27-13-15-29-31(6,7)30(37-24(5)36)18-19-32(29,8)26(27)17-21-33(25,34)9/h22-23,25,28-30,35H,11-21H2,1-10H3/t23?,25?,28?,29?,30-,32?,33?,34-/m0/s1. The van der Waals surface area contributed by atoms with Gasteiger partial charge in [-0.1, -0.05) is 73.5 Å². The molecule has 0 amide bonds. The van der Waals surface area contributed by atoms with Crippen LogP contribution in [0.15, 0.2) is 11.1 Å². The molecule has 0 aromatic carbocycles. The van der Waals surface area contributed by atoms with Crippen molar-refractivity contribution in [1.82, 2.24) is 5.32 Å². The molecule has 8 atom stereocenters. The highest BCUT2D eigenvalue weighted by Gasteiger charge is 2.63. The van der Waals surface area contributed by atoms with Gasteiger partial charge in [0, 0.05) is 18.4 Å². The lowest BCUT2D eigenvalue weighted by atomic mass is 9.43. The van der Waals surface area contributed by atoms with Gasteiger partial charge < -0.3 is 10.1 Å². The van der Waals surface area contributed by atoms with Gasteiger partial charge >= 0.3 is 5.97 Å². The summed E-state index contributed by atoms with van der Waals surface area (Å²) in [5.74, 6) is 2.81. The first-order valence-corrected chi connectivity index (χ1v) is 15.9. The minimum atomic E-state index is -0.116. The van der Waals surface area contributed by atoms with Crippen molar-refractivity contribution in [1.29, 1.82) is 0 Å². The lowest BCUT2D eigenvalue weighted by Crippen LogP contribution is -2.55. The average Bonchev–Trinajstić information content (AvgIpc) is 3.09. The van der Waals surface area contributed by atoms with E-state index < -0.39 is 0 Å². The van der Waals surface area contributed by atoms with Gasteiger partial charge in [-0.15, -0.1) is 0 Å². The third kappa shape index (κ3) is 4.66. The zero-order chi connectivity index (χ0) is 27.4. The van der Waals surface area contributed by atoms with Gasteiger partial charge in [-0.05, 0) is 111 Å². The van der Waals surface area contributed by atoms with E-state index in [4.69, 9.17) is 4.74 Å². The topological polar surface area (TPSA) is 38.3 Å². The predicted molar refractivity (Wildman–Crippen MR) is 155 cm³/mol. The number of hydrogen-bond donors (Lipinski definition) is 1. The van der Waals surface area contributed by atoms with Crippen LogP contribution in [-0.2, 0) is 9.53 Å². The van der Waals surface area contributed by atoms with E-state index in [-0.39, 0.29) is 22.9 Å². The van der Waals surface area contributed by atoms with Crippen LogP contribution in [0.5, 0.6) is 0 Å². The highest BCUT2D eigenvalue weighted by atomic mass is 16.5. The molecule has 4 aliphatic rings. The van der Waals surface area contributed by atoms with Gasteiger partial charge in [-0.2, -0.15) is 0 Å². The molecule has 0 aromatic heterocycles. The fraction of sp³-hybridized carbons (Fsp3) is 0.912. The molecule has 0 spiro atoms. The molecule has 4 rings (SSSR count). The Kier molecular flexibility index (Phi) is 8.11. The molecule has 2 fully saturated rings. The van der Waals surface area contributed by atoms with E-state index >= 15 is 0 Å². The number of fused-ring (bicyclic) bond motifs is 4. The van der Waals surface area contributed by atoms with Crippen LogP contribution >= 0.6 is 0 Å². The van der Waals surface area contributed by atoms with Crippen LogP contribution in [0.25, 0.3) is 0 Å². The Morgan fingerprint density at radius 3 is 2.27 bits per heavy atom. The van der Waals surface area contributed by atoms with Crippen LogP contribution in [0, 0.1) is 45.3 Å². The smallest absolute Gasteiger partial charge is 0.302 e. The third-order valence-electron chi connectivity index (χ3n) is 13.0. The Morgan fingerprint density at radius 2 is 1.65 bits per heavy atom. The molecule has 1 N–H and O–H groups in total. The molecular formula is C34H59NO2. The van der Waals surface area contributed by atoms with Crippen molar-refractivity contribution >= 4 is 5.97 Å². The van der Waals surface area contributed by atoms with Crippen LogP contribution in [-0.4, -0.2) is 24.7 Å². The molecule has 3 nitrogen and oxygen atoms in total. The summed E-state index contributed by atoms with van der Waals surface area (Å²) < 4.78 is 5.89. The Bertz CT molecular complexity index is 888. The van der Waals surface area contributed by atoms with Crippen molar-refractivity contribution in [3.63, 3.8) is 0 Å². The molecule has 0 aromatic rings. The third-order valence-corrected chi connectivity index (χ3v) is 13.0. The highest BCUT2D eigenvalue weighted by Crippen LogP contribution is 2.72. The van der Waals surface area contributed by atoms with E-state index in [0.717, 1.165) is 24.8 Å². The minimum Gasteiger partial charge on any atom is -0.462 e. The largest absolute Gasteiger partial charge is 0.462 e. The molecular weight excluding hydrogens is 454 g/mol. The second kappa shape index (κ2) is 10.3. The molecule has 0 radical (unpaired) electrons. The fourth-order valence-electron chi connectivity index (χ4n) is 10.6. The summed E-state index contributed by atoms with van der Waals surface area (Å²) in [6.45, 7) is 24.9. The van der Waals surface area contributed by atoms with E-state index in [0.29, 0.717) is 28.7 Å². The molecule has 2 saturated carbocycles. The fourth-order valence-corrected chi connectivity index (χ4v) is 10.6. The van der Waals surface area contributed by atoms with E-state index in [1.807, 2.05) is 11.1 Å². The number of allylic oxidation sites excluding steroid dienone is 2. The molecule has 0 saturated heterocycles. The number of ether oxygens (including phenoxy) is 1. The van der Waals surface area contributed by atoms with Gasteiger partial charge in [0.2, 0.25) is 0 Å². The molecule has 3 heteroatoms. The summed E-state index contributed by atoms with van der Waals surface area (Å²) in [5, 5.41) is 3.75. The van der Waals surface area contributed by atoms with Gasteiger partial charge in [0.1, 0.15) is 6.10 Å². The first-order chi connectivity index (χ1) is 17.2. The number of hydrogen-bond acceptors (Lipinski definition) is 3. The van der Waals surface area contributed by atoms with Crippen molar-refractivity contribution < 1.29 is 9.53 Å². The molecule has 212 valence electrons. The Balaban J connectivity index is 1.57. The van der Waals surface area contributed by atoms with E-state index in [1.54, 1.807) is 6.92 Å². The number of esters is 1. The molecule has 0 aliphatic heterocycles. The number of nitrogens with one attached hydrogen (secondary N) is 1. The van der Waals surface area contributed by atoms with Crippen LogP contribution in [0.3, 0.4) is 0 Å². The van der Waals surface area contributed by atoms with Crippen LogP contribution in [0.2, 0.25) is 0 Å². The van der Waals surface area contributed by atoms with Gasteiger partial charge in [-0.3, -0.25) is 4.79 Å². The highest BCUT2D eigenvalue weighted by molar-refractivity contribution is 5.66. The van der Waals surface area contributed by atoms with Gasteiger partial charge in [0.15, 0.2) is 0 Å². The lowest BCUT2D eigenvalue weighted by Gasteiger charge is -2.62. The summed E-state index contributed by atoms with van der Waals surface area (Å²) in [6.07, 6.45) is 12.8. The Hall–Kier alpha value is -0.830. The van der Waals surface area contributed by atoms with Crippen molar-refractivity contribution in [2.75, 3.05) is 6.54 Å². The normalized spacial score (nSPS) is 40.6. The van der Waals surface area contributed by atoms with Crippen LogP contribution < -0.4 is 5.32 Å². The molecule has 0 bridgehead atoms. The molecule has 37 heavy (non-hydrogen) atoms. The van der Waals surface area contributed by atoms with Crippen molar-refractivity contribution in [2.45, 2.75) is 146 Å². The summed E-state index contributed by atoms with van der Waals surface area (Å²) >= 11 is 0. The second-order valence-corrected chi connectivity index (χ2v) is 15.3. The van der Waals surface area contributed by atoms with E-state index in [2.05, 4.69) is 67.6 Å². The molecule has 6 unspecified atom stereocenters. The molecule has 0 heterocycles. The summed E-state index contributed by atoms with van der Waals surface area (Å²) in [7, 11) is 0. The maximum atomic E-state index is 11.9. The zero-order valence-corrected chi connectivity index (χ0v) is 26.1. The summed E-state index contributed by atoms with van der Waals surface area (Å²) in [5.41, 5.74) is 4.76. The first kappa shape index (κ1) is 29.2. The number of carbonyl (C=O) groups is 1.